The molecule has 4 aromatic rings. The lowest BCUT2D eigenvalue weighted by atomic mass is 9.97. The van der Waals surface area contributed by atoms with Gasteiger partial charge in [0.05, 0.1) is 18.2 Å². The summed E-state index contributed by atoms with van der Waals surface area (Å²) in [6.45, 7) is 0.350. The number of hydrogen-bond acceptors (Lipinski definition) is 6. The number of thioether (sulfide) groups is 1. The van der Waals surface area contributed by atoms with Crippen molar-refractivity contribution >= 4 is 39.2 Å². The Hall–Kier alpha value is -2.84. The molecule has 31 heavy (non-hydrogen) atoms. The summed E-state index contributed by atoms with van der Waals surface area (Å²) in [5, 5.41) is 1.45. The molecule has 0 radical (unpaired) electrons. The highest BCUT2D eigenvalue weighted by Gasteiger charge is 2.22. The minimum Gasteiger partial charge on any atom is -0.467 e. The second-order valence-electron chi connectivity index (χ2n) is 7.61. The zero-order chi connectivity index (χ0) is 21.4. The van der Waals surface area contributed by atoms with E-state index in [9.17, 15) is 9.59 Å². The Kier molecular flexibility index (Phi) is 5.41. The van der Waals surface area contributed by atoms with E-state index in [1.807, 2.05) is 24.3 Å². The molecule has 0 unspecified atom stereocenters. The van der Waals surface area contributed by atoms with Gasteiger partial charge in [-0.2, -0.15) is 0 Å². The topological polar surface area (TPSA) is 91.1 Å². The second kappa shape index (κ2) is 8.36. The molecular weight excluding hydrogens is 430 g/mol. The maximum Gasteiger partial charge on any atom is 0.263 e. The monoisotopic (exact) mass is 451 g/mol. The zero-order valence-electron chi connectivity index (χ0n) is 16.8. The third-order valence-electron chi connectivity index (χ3n) is 5.54. The number of fused-ring (bicyclic) bond motifs is 3. The molecule has 0 spiro atoms. The van der Waals surface area contributed by atoms with Gasteiger partial charge in [0.2, 0.25) is 5.91 Å². The Morgan fingerprint density at radius 2 is 2.00 bits per heavy atom. The molecule has 6 nitrogen and oxygen atoms in total. The third-order valence-corrected chi connectivity index (χ3v) is 7.77. The number of aryl methyl sites for hydroxylation is 2. The molecule has 8 heteroatoms. The normalized spacial score (nSPS) is 13.4. The number of amides is 1. The lowest BCUT2D eigenvalue weighted by Crippen LogP contribution is -2.24. The van der Waals surface area contributed by atoms with Crippen molar-refractivity contribution in [2.24, 2.45) is 5.73 Å². The summed E-state index contributed by atoms with van der Waals surface area (Å²) >= 11 is 3.17. The highest BCUT2D eigenvalue weighted by molar-refractivity contribution is 7.98. The SMILES string of the molecule is NC(=O)c1ccc(CSc2nc3sc4c(c3c(=O)n2Cc2ccco2)CCCC4)cc1. The summed E-state index contributed by atoms with van der Waals surface area (Å²) in [4.78, 5) is 31.9. The molecule has 1 aliphatic rings. The Balaban J connectivity index is 1.53. The van der Waals surface area contributed by atoms with Crippen LogP contribution in [0.25, 0.3) is 10.2 Å². The van der Waals surface area contributed by atoms with Crippen LogP contribution in [-0.2, 0) is 25.1 Å². The van der Waals surface area contributed by atoms with Gasteiger partial charge < -0.3 is 10.2 Å². The lowest BCUT2D eigenvalue weighted by Gasteiger charge is -2.13. The van der Waals surface area contributed by atoms with E-state index in [2.05, 4.69) is 0 Å². The molecule has 1 amide bonds. The van der Waals surface area contributed by atoms with Crippen molar-refractivity contribution in [2.45, 2.75) is 43.1 Å². The van der Waals surface area contributed by atoms with E-state index in [0.29, 0.717) is 23.0 Å². The van der Waals surface area contributed by atoms with Crippen LogP contribution < -0.4 is 11.3 Å². The molecule has 3 heterocycles. The van der Waals surface area contributed by atoms with Crippen LogP contribution in [0.1, 0.15) is 45.0 Å². The van der Waals surface area contributed by atoms with Crippen molar-refractivity contribution in [1.82, 2.24) is 9.55 Å². The largest absolute Gasteiger partial charge is 0.467 e. The summed E-state index contributed by atoms with van der Waals surface area (Å²) in [5.74, 6) is 0.903. The molecular formula is C23H21N3O3S2. The lowest BCUT2D eigenvalue weighted by molar-refractivity contribution is 0.100. The van der Waals surface area contributed by atoms with E-state index >= 15 is 0 Å². The molecule has 3 aromatic heterocycles. The van der Waals surface area contributed by atoms with Crippen LogP contribution in [-0.4, -0.2) is 15.5 Å². The number of furan rings is 1. The zero-order valence-corrected chi connectivity index (χ0v) is 18.4. The minimum atomic E-state index is -0.444. The van der Waals surface area contributed by atoms with Crippen LogP contribution in [0.4, 0.5) is 0 Å². The molecule has 0 bridgehead atoms. The first-order chi connectivity index (χ1) is 15.1. The predicted octanol–water partition coefficient (Wildman–Crippen LogP) is 4.37. The van der Waals surface area contributed by atoms with Crippen molar-refractivity contribution in [2.75, 3.05) is 0 Å². The highest BCUT2D eigenvalue weighted by Crippen LogP contribution is 2.35. The van der Waals surface area contributed by atoms with E-state index in [4.69, 9.17) is 15.1 Å². The maximum absolute atomic E-state index is 13.6. The smallest absolute Gasteiger partial charge is 0.263 e. The maximum atomic E-state index is 13.6. The van der Waals surface area contributed by atoms with Gasteiger partial charge in [0.25, 0.3) is 5.56 Å². The fourth-order valence-corrected chi connectivity index (χ4v) is 6.20. The van der Waals surface area contributed by atoms with Crippen LogP contribution in [0.2, 0.25) is 0 Å². The number of hydrogen-bond donors (Lipinski definition) is 1. The molecule has 0 atom stereocenters. The fourth-order valence-electron chi connectivity index (χ4n) is 3.94. The van der Waals surface area contributed by atoms with Gasteiger partial charge in [0.1, 0.15) is 10.6 Å². The van der Waals surface area contributed by atoms with E-state index in [0.717, 1.165) is 40.8 Å². The van der Waals surface area contributed by atoms with E-state index in [-0.39, 0.29) is 5.56 Å². The van der Waals surface area contributed by atoms with Crippen molar-refractivity contribution < 1.29 is 9.21 Å². The number of benzene rings is 1. The summed E-state index contributed by atoms with van der Waals surface area (Å²) in [6.07, 6.45) is 5.89. The van der Waals surface area contributed by atoms with Crippen LogP contribution >= 0.6 is 23.1 Å². The second-order valence-corrected chi connectivity index (χ2v) is 9.63. The van der Waals surface area contributed by atoms with Crippen LogP contribution in [0, 0.1) is 0 Å². The third kappa shape index (κ3) is 3.93. The fraction of sp³-hybridized carbons (Fsp3) is 0.261. The van der Waals surface area contributed by atoms with Gasteiger partial charge in [-0.1, -0.05) is 23.9 Å². The van der Waals surface area contributed by atoms with Gasteiger partial charge in [0, 0.05) is 16.2 Å². The van der Waals surface area contributed by atoms with Crippen molar-refractivity contribution in [1.29, 1.82) is 0 Å². The Morgan fingerprint density at radius 1 is 1.19 bits per heavy atom. The summed E-state index contributed by atoms with van der Waals surface area (Å²) < 4.78 is 7.24. The first-order valence-corrected chi connectivity index (χ1v) is 12.0. The van der Waals surface area contributed by atoms with Crippen LogP contribution in [0.3, 0.4) is 0 Å². The van der Waals surface area contributed by atoms with Gasteiger partial charge in [-0.15, -0.1) is 11.3 Å². The van der Waals surface area contributed by atoms with Crippen molar-refractivity contribution in [3.8, 4) is 0 Å². The van der Waals surface area contributed by atoms with Gasteiger partial charge in [-0.3, -0.25) is 14.2 Å². The number of nitrogens with two attached hydrogens (primary N) is 1. The number of primary amides is 1. The van der Waals surface area contributed by atoms with Gasteiger partial charge in [-0.05, 0) is 61.1 Å². The van der Waals surface area contributed by atoms with Gasteiger partial charge in [0.15, 0.2) is 5.16 Å². The molecule has 0 saturated carbocycles. The Bertz CT molecular complexity index is 1300. The Morgan fingerprint density at radius 3 is 2.74 bits per heavy atom. The molecule has 0 aliphatic heterocycles. The molecule has 0 saturated heterocycles. The predicted molar refractivity (Wildman–Crippen MR) is 123 cm³/mol. The van der Waals surface area contributed by atoms with E-state index in [1.165, 1.54) is 28.6 Å². The number of thiophene rings is 1. The van der Waals surface area contributed by atoms with E-state index in [1.54, 1.807) is 34.3 Å². The first-order valence-electron chi connectivity index (χ1n) is 10.2. The molecule has 158 valence electrons. The van der Waals surface area contributed by atoms with Crippen molar-refractivity contribution in [3.05, 3.63) is 80.3 Å². The van der Waals surface area contributed by atoms with Gasteiger partial charge >= 0.3 is 0 Å². The van der Waals surface area contributed by atoms with Crippen LogP contribution in [0.5, 0.6) is 0 Å². The molecule has 2 N–H and O–H groups in total. The first kappa shape index (κ1) is 20.1. The summed E-state index contributed by atoms with van der Waals surface area (Å²) in [7, 11) is 0. The van der Waals surface area contributed by atoms with Crippen molar-refractivity contribution in [3.63, 3.8) is 0 Å². The number of aromatic nitrogens is 2. The molecule has 1 aromatic carbocycles. The molecule has 0 fully saturated rings. The summed E-state index contributed by atoms with van der Waals surface area (Å²) in [6, 6.07) is 10.9. The highest BCUT2D eigenvalue weighted by atomic mass is 32.2. The average molecular weight is 452 g/mol. The number of nitrogens with zero attached hydrogens (tertiary/aromatic N) is 2. The number of rotatable bonds is 6. The van der Waals surface area contributed by atoms with Gasteiger partial charge in [-0.25, -0.2) is 4.98 Å². The number of carbonyl (C=O) groups is 1. The number of carbonyl (C=O) groups excluding carboxylic acids is 1. The molecule has 5 rings (SSSR count). The van der Waals surface area contributed by atoms with Crippen LogP contribution in [0.15, 0.2) is 57.0 Å². The minimum absolute atomic E-state index is 0.00683. The van der Waals surface area contributed by atoms with E-state index < -0.39 is 5.91 Å². The summed E-state index contributed by atoms with van der Waals surface area (Å²) in [5.41, 5.74) is 8.03. The standard InChI is InChI=1S/C23H21N3O3S2/c24-20(27)15-9-7-14(8-10-15)13-30-23-25-21-19(17-5-1-2-6-18(17)31-21)22(28)26(23)12-16-4-3-11-29-16/h3-4,7-11H,1-2,5-6,12-13H2,(H2,24,27). The average Bonchev–Trinajstić information content (AvgIpc) is 3.42. The Labute approximate surface area is 187 Å². The quantitative estimate of drug-likeness (QED) is 0.347. The molecule has 1 aliphatic carbocycles.